The van der Waals surface area contributed by atoms with Crippen LogP contribution in [0, 0.1) is 0 Å². The van der Waals surface area contributed by atoms with Gasteiger partial charge in [0.2, 0.25) is 0 Å². The Bertz CT molecular complexity index is 1070. The molecule has 0 atom stereocenters. The predicted molar refractivity (Wildman–Crippen MR) is 85.9 cm³/mol. The monoisotopic (exact) mass is 450 g/mol. The van der Waals surface area contributed by atoms with Crippen molar-refractivity contribution in [3.63, 3.8) is 0 Å². The number of fused-ring (bicyclic) bond motifs is 2. The normalized spacial score (nSPS) is 10.3. The van der Waals surface area contributed by atoms with Gasteiger partial charge in [0.1, 0.15) is 16.9 Å². The molecule has 9 nitrogen and oxygen atoms in total. The number of methoxy groups -OCH3 is 1. The molecule has 0 saturated carbocycles. The first-order valence-electron chi connectivity index (χ1n) is 7.32. The van der Waals surface area contributed by atoms with Gasteiger partial charge >= 0.3 is 94.3 Å². The molecule has 0 aliphatic rings. The number of carbonyl (C=O) groups excluding carboxylic acids is 1. The van der Waals surface area contributed by atoms with Gasteiger partial charge < -0.3 is 37.8 Å². The Morgan fingerprint density at radius 1 is 1.07 bits per heavy atom. The molecule has 0 unspecified atom stereocenters. The molecule has 0 fully saturated rings. The molecule has 0 aliphatic heterocycles. The summed E-state index contributed by atoms with van der Waals surface area (Å²) in [6.45, 7) is 4.08. The molecule has 0 saturated heterocycles. The van der Waals surface area contributed by atoms with Gasteiger partial charge in [-0.15, -0.1) is 0 Å². The van der Waals surface area contributed by atoms with Gasteiger partial charge in [-0.2, -0.15) is 0 Å². The first-order valence-corrected chi connectivity index (χ1v) is 8.86. The summed E-state index contributed by atoms with van der Waals surface area (Å²) in [5, 5.41) is 10.8. The molecule has 3 aromatic rings. The molecule has 0 radical (unpaired) electrons. The van der Waals surface area contributed by atoms with E-state index in [1.807, 2.05) is 19.9 Å². The zero-order chi connectivity index (χ0) is 19.6. The fourth-order valence-corrected chi connectivity index (χ4v) is 2.25. The summed E-state index contributed by atoms with van der Waals surface area (Å²) in [6.07, 6.45) is 0. The molecule has 1 aromatic carbocycles. The minimum atomic E-state index is -5.43. The van der Waals surface area contributed by atoms with E-state index in [0.29, 0.717) is 11.2 Å². The maximum atomic E-state index is 11.2. The van der Waals surface area contributed by atoms with Crippen LogP contribution in [0.4, 0.5) is 4.79 Å². The first-order chi connectivity index (χ1) is 12.0. The van der Waals surface area contributed by atoms with Crippen molar-refractivity contribution in [2.24, 2.45) is 0 Å². The Balaban J connectivity index is 0. The number of ether oxygens (including phenoxy) is 1. The summed E-state index contributed by atoms with van der Waals surface area (Å²) < 4.78 is 25.6. The van der Waals surface area contributed by atoms with Gasteiger partial charge in [0.25, 0.3) is 0 Å². The molecular formula is C16H14Na3O9P. The maximum Gasteiger partial charge on any atom is 1.00 e. The van der Waals surface area contributed by atoms with Crippen LogP contribution in [0.3, 0.4) is 0 Å². The van der Waals surface area contributed by atoms with Crippen LogP contribution in [-0.2, 0) is 4.57 Å². The SMILES string of the molecule is COc1c(C(C)C)oc2cc3oc(=O)ccc3cc12.O=C([O-])P(=O)([O-])[O-].[Na+].[Na+].[Na+]. The summed E-state index contributed by atoms with van der Waals surface area (Å²) in [5.74, 6) is 1.77. The van der Waals surface area contributed by atoms with Crippen LogP contribution in [0.15, 0.2) is 37.9 Å². The average molecular weight is 450 g/mol. The van der Waals surface area contributed by atoms with Crippen molar-refractivity contribution in [1.82, 2.24) is 0 Å². The molecule has 0 spiro atoms. The summed E-state index contributed by atoms with van der Waals surface area (Å²) >= 11 is 0. The Morgan fingerprint density at radius 3 is 2.07 bits per heavy atom. The van der Waals surface area contributed by atoms with Crippen molar-refractivity contribution in [3.8, 4) is 5.75 Å². The van der Waals surface area contributed by atoms with Gasteiger partial charge in [-0.3, -0.25) is 0 Å². The molecule has 0 aliphatic carbocycles. The number of carboxylic acid groups (broad SMARTS) is 1. The van der Waals surface area contributed by atoms with Gasteiger partial charge in [-0.1, -0.05) is 13.8 Å². The van der Waals surface area contributed by atoms with E-state index in [1.54, 1.807) is 19.2 Å². The molecule has 140 valence electrons. The number of hydrogen-bond acceptors (Lipinski definition) is 9. The Labute approximate surface area is 232 Å². The molecule has 29 heavy (non-hydrogen) atoms. The van der Waals surface area contributed by atoms with Crippen LogP contribution in [0.25, 0.3) is 21.9 Å². The van der Waals surface area contributed by atoms with E-state index in [-0.39, 0.29) is 100 Å². The Kier molecular flexibility index (Phi) is 14.2. The van der Waals surface area contributed by atoms with Gasteiger partial charge in [-0.05, 0) is 19.7 Å². The largest absolute Gasteiger partial charge is 1.00 e. The topological polar surface area (TPSA) is 156 Å². The zero-order valence-electron chi connectivity index (χ0n) is 17.0. The molecule has 13 heteroatoms. The van der Waals surface area contributed by atoms with E-state index in [0.717, 1.165) is 22.3 Å². The van der Waals surface area contributed by atoms with E-state index >= 15 is 0 Å². The first kappa shape index (κ1) is 31.6. The second-order valence-corrected chi connectivity index (χ2v) is 6.92. The quantitative estimate of drug-likeness (QED) is 0.215. The molecule has 0 amide bonds. The second-order valence-electron chi connectivity index (χ2n) is 5.56. The fourth-order valence-electron chi connectivity index (χ4n) is 2.25. The van der Waals surface area contributed by atoms with Crippen molar-refractivity contribution in [3.05, 3.63) is 40.4 Å². The van der Waals surface area contributed by atoms with Gasteiger partial charge in [-0.25, -0.2) is 4.79 Å². The molecule has 0 bridgehead atoms. The summed E-state index contributed by atoms with van der Waals surface area (Å²) in [7, 11) is -3.80. The van der Waals surface area contributed by atoms with Crippen molar-refractivity contribution < 1.29 is 126 Å². The van der Waals surface area contributed by atoms with Gasteiger partial charge in [0, 0.05) is 23.4 Å². The second kappa shape index (κ2) is 13.1. The van der Waals surface area contributed by atoms with Gasteiger partial charge in [0.15, 0.2) is 5.75 Å². The molecule has 2 heterocycles. The Hall–Kier alpha value is 0.390. The standard InChI is InChI=1S/C15H14O4.CH3O5P.3Na/c1-8(2)14-15(17-3)10-6-9-4-5-13(16)18-11(9)7-12(10)19-14;2-1(3)7(4,5)6;;;/h4-8H,1-3H3;(H,2,3)(H2,4,5,6);;;/q;;3*+1/p-3. The number of furan rings is 1. The number of rotatable bonds is 3. The van der Waals surface area contributed by atoms with Crippen LogP contribution in [0.5, 0.6) is 5.75 Å². The number of carbonyl (C=O) groups is 1. The predicted octanol–water partition coefficient (Wildman–Crippen LogP) is -8.07. The van der Waals surface area contributed by atoms with Crippen molar-refractivity contribution in [2.45, 2.75) is 19.8 Å². The van der Waals surface area contributed by atoms with E-state index in [2.05, 4.69) is 0 Å². The number of benzene rings is 1. The zero-order valence-corrected chi connectivity index (χ0v) is 23.9. The minimum Gasteiger partial charge on any atom is -0.807 e. The fraction of sp³-hybridized carbons (Fsp3) is 0.250. The smallest absolute Gasteiger partial charge is 0.807 e. The van der Waals surface area contributed by atoms with Crippen molar-refractivity contribution in [2.75, 3.05) is 7.11 Å². The van der Waals surface area contributed by atoms with Crippen LogP contribution in [0.1, 0.15) is 25.5 Å². The molecule has 0 N–H and O–H groups in total. The third-order valence-corrected chi connectivity index (χ3v) is 3.81. The molecular weight excluding hydrogens is 436 g/mol. The summed E-state index contributed by atoms with van der Waals surface area (Å²) in [5.41, 5.74) is -1.74. The van der Waals surface area contributed by atoms with Crippen LogP contribution >= 0.6 is 7.60 Å². The number of hydrogen-bond donors (Lipinski definition) is 0. The average Bonchev–Trinajstić information content (AvgIpc) is 2.90. The minimum absolute atomic E-state index is 0. The summed E-state index contributed by atoms with van der Waals surface area (Å²) in [6, 6.07) is 6.80. The van der Waals surface area contributed by atoms with Gasteiger partial charge in [0.05, 0.1) is 18.2 Å². The third-order valence-electron chi connectivity index (χ3n) is 3.36. The van der Waals surface area contributed by atoms with E-state index in [1.165, 1.54) is 6.07 Å². The molecule has 2 aromatic heterocycles. The maximum absolute atomic E-state index is 11.2. The van der Waals surface area contributed by atoms with E-state index in [9.17, 15) is 4.79 Å². The summed E-state index contributed by atoms with van der Waals surface area (Å²) in [4.78, 5) is 38.5. The van der Waals surface area contributed by atoms with Crippen LogP contribution in [0.2, 0.25) is 0 Å². The molecule has 3 rings (SSSR count). The van der Waals surface area contributed by atoms with Crippen LogP contribution in [-0.4, -0.2) is 12.8 Å². The van der Waals surface area contributed by atoms with Crippen molar-refractivity contribution >= 4 is 35.2 Å². The third kappa shape index (κ3) is 8.11. The van der Waals surface area contributed by atoms with Crippen LogP contribution < -0.4 is 114 Å². The van der Waals surface area contributed by atoms with E-state index < -0.39 is 13.3 Å². The Morgan fingerprint density at radius 2 is 1.62 bits per heavy atom. The van der Waals surface area contributed by atoms with Crippen molar-refractivity contribution in [1.29, 1.82) is 0 Å². The van der Waals surface area contributed by atoms with E-state index in [4.69, 9.17) is 37.8 Å².